The van der Waals surface area contributed by atoms with Crippen molar-refractivity contribution in [1.29, 1.82) is 0 Å². The van der Waals surface area contributed by atoms with Gasteiger partial charge in [0.1, 0.15) is 5.60 Å². The van der Waals surface area contributed by atoms with Gasteiger partial charge in [0.15, 0.2) is 0 Å². The average Bonchev–Trinajstić information content (AvgIpc) is 3.25. The maximum Gasteiger partial charge on any atom is 0.412 e. The first kappa shape index (κ1) is 24.6. The van der Waals surface area contributed by atoms with E-state index in [4.69, 9.17) is 4.74 Å². The highest BCUT2D eigenvalue weighted by Gasteiger charge is 2.18. The van der Waals surface area contributed by atoms with Crippen molar-refractivity contribution in [2.24, 2.45) is 0 Å². The number of thiophene rings is 1. The zero-order chi connectivity index (χ0) is 23.0. The zero-order valence-corrected chi connectivity index (χ0v) is 20.7. The summed E-state index contributed by atoms with van der Waals surface area (Å²) in [6, 6.07) is 16.5. The van der Waals surface area contributed by atoms with E-state index < -0.39 is 11.7 Å². The molecule has 0 aliphatic rings. The number of amides is 2. The van der Waals surface area contributed by atoms with Crippen LogP contribution in [0.5, 0.6) is 0 Å². The van der Waals surface area contributed by atoms with Crippen LogP contribution in [0.25, 0.3) is 10.4 Å². The number of halogens is 1. The third kappa shape index (κ3) is 7.52. The zero-order valence-electron chi connectivity index (χ0n) is 18.3. The van der Waals surface area contributed by atoms with Crippen LogP contribution in [0.4, 0.5) is 16.2 Å². The second-order valence-electron chi connectivity index (χ2n) is 7.33. The van der Waals surface area contributed by atoms with Gasteiger partial charge in [-0.25, -0.2) is 4.79 Å². The van der Waals surface area contributed by atoms with Gasteiger partial charge in [0.05, 0.1) is 11.4 Å². The number of anilines is 2. The van der Waals surface area contributed by atoms with Gasteiger partial charge in [0.25, 0.3) is 5.91 Å². The van der Waals surface area contributed by atoms with Gasteiger partial charge in [-0.05, 0) is 74.2 Å². The van der Waals surface area contributed by atoms with E-state index in [1.165, 1.54) is 0 Å². The lowest BCUT2D eigenvalue weighted by Gasteiger charge is -2.21. The molecule has 3 rings (SSSR count). The number of nitrogens with one attached hydrogen (secondary N) is 2. The van der Waals surface area contributed by atoms with Crippen LogP contribution >= 0.6 is 27.3 Å². The molecule has 2 amide bonds. The highest BCUT2D eigenvalue weighted by atomic mass is 79.9. The number of hydrogen-bond acceptors (Lipinski definition) is 4. The van der Waals surface area contributed by atoms with Gasteiger partial charge < -0.3 is 10.1 Å². The van der Waals surface area contributed by atoms with Crippen LogP contribution in [0.3, 0.4) is 0 Å². The average molecular weight is 503 g/mol. The van der Waals surface area contributed by atoms with Crippen molar-refractivity contribution in [3.8, 4) is 10.4 Å². The smallest absolute Gasteiger partial charge is 0.412 e. The van der Waals surface area contributed by atoms with E-state index >= 15 is 0 Å². The molecule has 0 bridgehead atoms. The molecular weight excluding hydrogens is 476 g/mol. The number of rotatable bonds is 4. The molecule has 0 unspecified atom stereocenters. The Morgan fingerprint density at radius 1 is 0.935 bits per heavy atom. The number of benzene rings is 2. The van der Waals surface area contributed by atoms with E-state index in [1.54, 1.807) is 62.4 Å². The Morgan fingerprint density at radius 2 is 1.61 bits per heavy atom. The van der Waals surface area contributed by atoms with Crippen LogP contribution in [-0.4, -0.2) is 17.6 Å². The van der Waals surface area contributed by atoms with Gasteiger partial charge in [-0.2, -0.15) is 0 Å². The van der Waals surface area contributed by atoms with Gasteiger partial charge in [-0.3, -0.25) is 10.1 Å². The topological polar surface area (TPSA) is 67.4 Å². The molecule has 2 N–H and O–H groups in total. The van der Waals surface area contributed by atoms with Crippen molar-refractivity contribution < 1.29 is 14.3 Å². The highest BCUT2D eigenvalue weighted by Crippen LogP contribution is 2.32. The van der Waals surface area contributed by atoms with Gasteiger partial charge in [0.2, 0.25) is 0 Å². The molecule has 3 aromatic rings. The summed E-state index contributed by atoms with van der Waals surface area (Å²) in [4.78, 5) is 26.0. The maximum absolute atomic E-state index is 12.7. The fourth-order valence-corrected chi connectivity index (χ4v) is 3.55. The van der Waals surface area contributed by atoms with Gasteiger partial charge in [0, 0.05) is 14.9 Å². The van der Waals surface area contributed by atoms with Gasteiger partial charge in [-0.15, -0.1) is 11.3 Å². The van der Waals surface area contributed by atoms with Crippen LogP contribution in [0.15, 0.2) is 64.5 Å². The van der Waals surface area contributed by atoms with Crippen LogP contribution in [0.2, 0.25) is 0 Å². The Balaban J connectivity index is 0.00000166. The second kappa shape index (κ2) is 11.1. The van der Waals surface area contributed by atoms with E-state index in [2.05, 4.69) is 26.6 Å². The summed E-state index contributed by atoms with van der Waals surface area (Å²) in [5.41, 5.74) is 1.79. The molecule has 0 spiro atoms. The minimum Gasteiger partial charge on any atom is -0.444 e. The fourth-order valence-electron chi connectivity index (χ4n) is 2.56. The SMILES string of the molecule is CC.CC(C)(C)OC(=O)Nc1ccc(-c2cccs2)cc1NC(=O)c1ccc(Br)cc1. The summed E-state index contributed by atoms with van der Waals surface area (Å²) in [6.45, 7) is 9.38. The van der Waals surface area contributed by atoms with Crippen molar-refractivity contribution in [3.63, 3.8) is 0 Å². The van der Waals surface area contributed by atoms with E-state index in [1.807, 2.05) is 43.5 Å². The first-order valence-electron chi connectivity index (χ1n) is 9.96. The van der Waals surface area contributed by atoms with Crippen molar-refractivity contribution in [2.75, 3.05) is 10.6 Å². The monoisotopic (exact) mass is 502 g/mol. The Hall–Kier alpha value is -2.64. The Bertz CT molecular complexity index is 1010. The number of carbonyl (C=O) groups is 2. The maximum atomic E-state index is 12.7. The minimum absolute atomic E-state index is 0.270. The molecule has 0 aliphatic carbocycles. The molecule has 164 valence electrons. The summed E-state index contributed by atoms with van der Waals surface area (Å²) in [7, 11) is 0. The molecule has 1 heterocycles. The van der Waals surface area contributed by atoms with Gasteiger partial charge >= 0.3 is 6.09 Å². The summed E-state index contributed by atoms with van der Waals surface area (Å²) >= 11 is 4.96. The summed E-state index contributed by atoms with van der Waals surface area (Å²) in [6.07, 6.45) is -0.583. The van der Waals surface area contributed by atoms with E-state index in [9.17, 15) is 9.59 Å². The lowest BCUT2D eigenvalue weighted by Crippen LogP contribution is -2.27. The molecule has 7 heteroatoms. The molecular formula is C24H27BrN2O3S. The molecule has 2 aromatic carbocycles. The largest absolute Gasteiger partial charge is 0.444 e. The predicted octanol–water partition coefficient (Wildman–Crippen LogP) is 7.80. The molecule has 31 heavy (non-hydrogen) atoms. The van der Waals surface area contributed by atoms with Crippen molar-refractivity contribution in [1.82, 2.24) is 0 Å². The van der Waals surface area contributed by atoms with Crippen molar-refractivity contribution in [2.45, 2.75) is 40.2 Å². The van der Waals surface area contributed by atoms with E-state index in [-0.39, 0.29) is 5.91 Å². The van der Waals surface area contributed by atoms with E-state index in [0.717, 1.165) is 14.9 Å². The molecule has 1 aromatic heterocycles. The lowest BCUT2D eigenvalue weighted by molar-refractivity contribution is 0.0635. The molecule has 0 saturated carbocycles. The van der Waals surface area contributed by atoms with Crippen molar-refractivity contribution in [3.05, 3.63) is 70.0 Å². The quantitative estimate of drug-likeness (QED) is 0.382. The van der Waals surface area contributed by atoms with Gasteiger partial charge in [-0.1, -0.05) is 41.9 Å². The first-order chi connectivity index (χ1) is 14.7. The molecule has 0 fully saturated rings. The summed E-state index contributed by atoms with van der Waals surface area (Å²) in [5, 5.41) is 7.61. The predicted molar refractivity (Wildman–Crippen MR) is 133 cm³/mol. The second-order valence-corrected chi connectivity index (χ2v) is 9.19. The molecule has 5 nitrogen and oxygen atoms in total. The Labute approximate surface area is 196 Å². The number of hydrogen-bond donors (Lipinski definition) is 2. The third-order valence-electron chi connectivity index (χ3n) is 3.82. The molecule has 0 saturated heterocycles. The number of ether oxygens (including phenoxy) is 1. The van der Waals surface area contributed by atoms with Crippen LogP contribution < -0.4 is 10.6 Å². The van der Waals surface area contributed by atoms with Crippen LogP contribution in [-0.2, 0) is 4.74 Å². The number of carbonyl (C=O) groups excluding carboxylic acids is 2. The van der Waals surface area contributed by atoms with E-state index in [0.29, 0.717) is 16.9 Å². The minimum atomic E-state index is -0.623. The van der Waals surface area contributed by atoms with Crippen LogP contribution in [0, 0.1) is 0 Å². The van der Waals surface area contributed by atoms with Crippen LogP contribution in [0.1, 0.15) is 45.0 Å². The summed E-state index contributed by atoms with van der Waals surface area (Å²) in [5.74, 6) is -0.270. The Morgan fingerprint density at radius 3 is 2.19 bits per heavy atom. The lowest BCUT2D eigenvalue weighted by atomic mass is 10.1. The standard InChI is InChI=1S/C22H21BrN2O3S.C2H6/c1-22(2,3)28-21(27)25-17-11-8-15(19-5-4-12-29-19)13-18(17)24-20(26)14-6-9-16(23)10-7-14;1-2/h4-13H,1-3H3,(H,24,26)(H,25,27);1-2H3. The normalized spacial score (nSPS) is 10.5. The molecule has 0 aliphatic heterocycles. The fraction of sp³-hybridized carbons (Fsp3) is 0.250. The Kier molecular flexibility index (Phi) is 8.83. The highest BCUT2D eigenvalue weighted by molar-refractivity contribution is 9.10. The first-order valence-corrected chi connectivity index (χ1v) is 11.6. The molecule has 0 atom stereocenters. The summed E-state index contributed by atoms with van der Waals surface area (Å²) < 4.78 is 6.23. The third-order valence-corrected chi connectivity index (χ3v) is 5.26. The molecule has 0 radical (unpaired) electrons. The van der Waals surface area contributed by atoms with Crippen molar-refractivity contribution >= 4 is 50.6 Å².